The molecular weight excluding hydrogens is 258 g/mol. The lowest BCUT2D eigenvalue weighted by Crippen LogP contribution is -2.42. The lowest BCUT2D eigenvalue weighted by atomic mass is 9.80. The molecule has 1 aromatic carbocycles. The van der Waals surface area contributed by atoms with Crippen LogP contribution in [0.2, 0.25) is 0 Å². The van der Waals surface area contributed by atoms with Crippen molar-refractivity contribution in [1.82, 2.24) is 5.32 Å². The second kappa shape index (κ2) is 7.42. The van der Waals surface area contributed by atoms with Crippen LogP contribution in [-0.4, -0.2) is 18.8 Å². The van der Waals surface area contributed by atoms with Gasteiger partial charge in [-0.05, 0) is 44.1 Å². The summed E-state index contributed by atoms with van der Waals surface area (Å²) in [5.74, 6) is 0.782. The molecule has 1 aliphatic heterocycles. The van der Waals surface area contributed by atoms with E-state index in [0.29, 0.717) is 18.2 Å². The van der Waals surface area contributed by atoms with Crippen LogP contribution in [0.4, 0.5) is 0 Å². The highest BCUT2D eigenvalue weighted by molar-refractivity contribution is 5.20. The van der Waals surface area contributed by atoms with E-state index in [-0.39, 0.29) is 0 Å². The van der Waals surface area contributed by atoms with Gasteiger partial charge in [0.2, 0.25) is 0 Å². The van der Waals surface area contributed by atoms with E-state index >= 15 is 0 Å². The summed E-state index contributed by atoms with van der Waals surface area (Å²) in [7, 11) is 0. The highest BCUT2D eigenvalue weighted by Gasteiger charge is 2.29. The second-order valence-electron chi connectivity index (χ2n) is 6.79. The minimum atomic E-state index is 0.403. The third kappa shape index (κ3) is 3.87. The maximum Gasteiger partial charge on any atom is 0.0726 e. The molecule has 3 unspecified atom stereocenters. The van der Waals surface area contributed by atoms with Crippen LogP contribution in [0.5, 0.6) is 0 Å². The van der Waals surface area contributed by atoms with E-state index in [9.17, 15) is 0 Å². The highest BCUT2D eigenvalue weighted by atomic mass is 16.5. The summed E-state index contributed by atoms with van der Waals surface area (Å²) in [6.07, 6.45) is 9.76. The third-order valence-corrected chi connectivity index (χ3v) is 5.24. The molecule has 116 valence electrons. The number of hydrogen-bond acceptors (Lipinski definition) is 2. The Bertz CT molecular complexity index is 407. The van der Waals surface area contributed by atoms with Gasteiger partial charge in [-0.15, -0.1) is 0 Å². The Kier molecular flexibility index (Phi) is 5.32. The van der Waals surface area contributed by atoms with E-state index in [2.05, 4.69) is 42.6 Å². The van der Waals surface area contributed by atoms with Crippen LogP contribution in [-0.2, 0) is 4.74 Å². The van der Waals surface area contributed by atoms with Gasteiger partial charge in [-0.1, -0.05) is 49.6 Å². The van der Waals surface area contributed by atoms with Crippen LogP contribution >= 0.6 is 0 Å². The summed E-state index contributed by atoms with van der Waals surface area (Å²) < 4.78 is 5.88. The van der Waals surface area contributed by atoms with Crippen LogP contribution in [0.15, 0.2) is 30.3 Å². The van der Waals surface area contributed by atoms with Gasteiger partial charge >= 0.3 is 0 Å². The molecule has 0 radical (unpaired) electrons. The second-order valence-corrected chi connectivity index (χ2v) is 6.79. The number of ether oxygens (including phenoxy) is 1. The normalized spacial score (nSPS) is 26.6. The van der Waals surface area contributed by atoms with Gasteiger partial charge in [-0.25, -0.2) is 0 Å². The maximum atomic E-state index is 5.88. The zero-order chi connectivity index (χ0) is 14.5. The smallest absolute Gasteiger partial charge is 0.0726 e. The summed E-state index contributed by atoms with van der Waals surface area (Å²) in [6, 6.07) is 12.0. The van der Waals surface area contributed by atoms with Crippen molar-refractivity contribution in [3.8, 4) is 0 Å². The summed E-state index contributed by atoms with van der Waals surface area (Å²) in [6.45, 7) is 3.24. The van der Waals surface area contributed by atoms with Crippen molar-refractivity contribution in [2.45, 2.75) is 70.1 Å². The molecule has 0 bridgehead atoms. The van der Waals surface area contributed by atoms with Gasteiger partial charge in [-0.2, -0.15) is 0 Å². The van der Waals surface area contributed by atoms with Gasteiger partial charge in [0, 0.05) is 18.7 Å². The minimum Gasteiger partial charge on any atom is -0.377 e. The van der Waals surface area contributed by atoms with Gasteiger partial charge in [0.15, 0.2) is 0 Å². The van der Waals surface area contributed by atoms with Gasteiger partial charge in [0.25, 0.3) is 0 Å². The average Bonchev–Trinajstić information content (AvgIpc) is 3.09. The van der Waals surface area contributed by atoms with E-state index in [1.807, 2.05) is 0 Å². The number of nitrogens with one attached hydrogen (secondary N) is 1. The van der Waals surface area contributed by atoms with Crippen molar-refractivity contribution in [2.75, 3.05) is 6.61 Å². The lowest BCUT2D eigenvalue weighted by Gasteiger charge is -2.35. The first kappa shape index (κ1) is 15.1. The average molecular weight is 287 g/mol. The standard InChI is InChI=1S/C19H29NO/c1-15(18-13-8-14-21-18)20-19(16-9-4-2-5-10-16)17-11-6-3-7-12-17/h2,4-5,9-10,15,17-20H,3,6-8,11-14H2,1H3. The first-order valence-corrected chi connectivity index (χ1v) is 8.77. The Balaban J connectivity index is 1.71. The summed E-state index contributed by atoms with van der Waals surface area (Å²) in [5.41, 5.74) is 1.45. The van der Waals surface area contributed by atoms with Crippen molar-refractivity contribution >= 4 is 0 Å². The molecule has 1 N–H and O–H groups in total. The molecule has 2 aliphatic rings. The fourth-order valence-electron chi connectivity index (χ4n) is 4.02. The van der Waals surface area contributed by atoms with Crippen LogP contribution < -0.4 is 5.32 Å². The van der Waals surface area contributed by atoms with Crippen LogP contribution in [0.25, 0.3) is 0 Å². The van der Waals surface area contributed by atoms with Gasteiger partial charge < -0.3 is 10.1 Å². The molecule has 2 fully saturated rings. The number of hydrogen-bond donors (Lipinski definition) is 1. The first-order chi connectivity index (χ1) is 10.3. The molecule has 0 spiro atoms. The van der Waals surface area contributed by atoms with Gasteiger partial charge in [-0.3, -0.25) is 0 Å². The molecule has 1 saturated heterocycles. The zero-order valence-electron chi connectivity index (χ0n) is 13.3. The maximum absolute atomic E-state index is 5.88. The largest absolute Gasteiger partial charge is 0.377 e. The molecule has 0 aromatic heterocycles. The van der Waals surface area contributed by atoms with Crippen molar-refractivity contribution in [2.24, 2.45) is 5.92 Å². The van der Waals surface area contributed by atoms with Gasteiger partial charge in [0.1, 0.15) is 0 Å². The number of rotatable bonds is 5. The quantitative estimate of drug-likeness (QED) is 0.863. The molecule has 21 heavy (non-hydrogen) atoms. The van der Waals surface area contributed by atoms with Crippen molar-refractivity contribution < 1.29 is 4.74 Å². The first-order valence-electron chi connectivity index (χ1n) is 8.77. The topological polar surface area (TPSA) is 21.3 Å². The Morgan fingerprint density at radius 2 is 1.76 bits per heavy atom. The Morgan fingerprint density at radius 3 is 2.43 bits per heavy atom. The monoisotopic (exact) mass is 287 g/mol. The van der Waals surface area contributed by atoms with E-state index in [1.54, 1.807) is 0 Å². The third-order valence-electron chi connectivity index (χ3n) is 5.24. The molecule has 1 saturated carbocycles. The molecule has 1 aliphatic carbocycles. The molecule has 3 atom stereocenters. The van der Waals surface area contributed by atoms with E-state index in [1.165, 1.54) is 50.5 Å². The summed E-state index contributed by atoms with van der Waals surface area (Å²) >= 11 is 0. The fourth-order valence-corrected chi connectivity index (χ4v) is 4.02. The molecule has 0 amide bonds. The lowest BCUT2D eigenvalue weighted by molar-refractivity contribution is 0.0742. The van der Waals surface area contributed by atoms with Crippen LogP contribution in [0, 0.1) is 5.92 Å². The minimum absolute atomic E-state index is 0.403. The fraction of sp³-hybridized carbons (Fsp3) is 0.684. The Morgan fingerprint density at radius 1 is 1.00 bits per heavy atom. The van der Waals surface area contributed by atoms with Gasteiger partial charge in [0.05, 0.1) is 6.10 Å². The highest BCUT2D eigenvalue weighted by Crippen LogP contribution is 2.35. The van der Waals surface area contributed by atoms with Crippen molar-refractivity contribution in [3.05, 3.63) is 35.9 Å². The zero-order valence-corrected chi connectivity index (χ0v) is 13.3. The molecule has 1 heterocycles. The Labute approximate surface area is 129 Å². The van der Waals surface area contributed by atoms with E-state index < -0.39 is 0 Å². The molecule has 1 aromatic rings. The predicted molar refractivity (Wildman–Crippen MR) is 87.3 cm³/mol. The molecule has 2 heteroatoms. The van der Waals surface area contributed by atoms with E-state index in [0.717, 1.165) is 12.5 Å². The van der Waals surface area contributed by atoms with Crippen molar-refractivity contribution in [3.63, 3.8) is 0 Å². The molecular formula is C19H29NO. The van der Waals surface area contributed by atoms with E-state index in [4.69, 9.17) is 4.74 Å². The molecule has 2 nitrogen and oxygen atoms in total. The summed E-state index contributed by atoms with van der Waals surface area (Å²) in [5, 5.41) is 3.92. The predicted octanol–water partition coefficient (Wildman–Crippen LogP) is 4.47. The molecule has 3 rings (SSSR count). The van der Waals surface area contributed by atoms with Crippen LogP contribution in [0.3, 0.4) is 0 Å². The SMILES string of the molecule is CC(NC(c1ccccc1)C1CCCCC1)C1CCCO1. The van der Waals surface area contributed by atoms with Crippen molar-refractivity contribution in [1.29, 1.82) is 0 Å². The van der Waals surface area contributed by atoms with Crippen LogP contribution in [0.1, 0.15) is 63.5 Å². The summed E-state index contributed by atoms with van der Waals surface area (Å²) in [4.78, 5) is 0. The number of benzene rings is 1. The Hall–Kier alpha value is -0.860.